The zero-order valence-corrected chi connectivity index (χ0v) is 11.1. The molecule has 1 saturated carbocycles. The number of hydrogen-bond donors (Lipinski definition) is 2. The van der Waals surface area contributed by atoms with Gasteiger partial charge in [-0.3, -0.25) is 0 Å². The van der Waals surface area contributed by atoms with Gasteiger partial charge in [-0.15, -0.1) is 0 Å². The Morgan fingerprint density at radius 1 is 1.22 bits per heavy atom. The second-order valence-electron chi connectivity index (χ2n) is 5.11. The molecule has 100 valence electrons. The maximum absolute atomic E-state index is 10.2. The van der Waals surface area contributed by atoms with Gasteiger partial charge in [-0.1, -0.05) is 25.0 Å². The molecule has 1 aliphatic carbocycles. The topological polar surface area (TPSA) is 41.5 Å². The molecule has 0 bridgehead atoms. The van der Waals surface area contributed by atoms with E-state index in [-0.39, 0.29) is 0 Å². The van der Waals surface area contributed by atoms with Crippen molar-refractivity contribution in [1.29, 1.82) is 0 Å². The smallest absolute Gasteiger partial charge is 0.119 e. The molecule has 0 unspecified atom stereocenters. The summed E-state index contributed by atoms with van der Waals surface area (Å²) in [5, 5.41) is 13.5. The van der Waals surface area contributed by atoms with Gasteiger partial charge in [-0.2, -0.15) is 0 Å². The first kappa shape index (κ1) is 13.4. The van der Waals surface area contributed by atoms with Gasteiger partial charge in [-0.25, -0.2) is 0 Å². The van der Waals surface area contributed by atoms with Crippen LogP contribution in [0.5, 0.6) is 5.75 Å². The third-order valence-electron chi connectivity index (χ3n) is 3.55. The van der Waals surface area contributed by atoms with Crippen LogP contribution in [0.15, 0.2) is 24.3 Å². The summed E-state index contributed by atoms with van der Waals surface area (Å²) >= 11 is 0. The second-order valence-corrected chi connectivity index (χ2v) is 5.11. The summed E-state index contributed by atoms with van der Waals surface area (Å²) in [5.74, 6) is 0.913. The minimum Gasteiger partial charge on any atom is -0.494 e. The van der Waals surface area contributed by atoms with E-state index >= 15 is 0 Å². The van der Waals surface area contributed by atoms with Crippen LogP contribution in [-0.4, -0.2) is 23.9 Å². The molecule has 0 saturated heterocycles. The van der Waals surface area contributed by atoms with Crippen molar-refractivity contribution in [2.75, 3.05) is 13.2 Å². The van der Waals surface area contributed by atoms with E-state index in [1.807, 2.05) is 19.1 Å². The van der Waals surface area contributed by atoms with Crippen molar-refractivity contribution in [2.45, 2.75) is 44.8 Å². The van der Waals surface area contributed by atoms with Crippen LogP contribution in [0.2, 0.25) is 0 Å². The fourth-order valence-corrected chi connectivity index (χ4v) is 2.52. The van der Waals surface area contributed by atoms with Gasteiger partial charge in [0, 0.05) is 13.1 Å². The second kappa shape index (κ2) is 6.21. The highest BCUT2D eigenvalue weighted by Gasteiger charge is 2.30. The van der Waals surface area contributed by atoms with Crippen molar-refractivity contribution in [3.8, 4) is 5.75 Å². The number of ether oxygens (including phenoxy) is 1. The molecule has 1 aromatic rings. The predicted molar refractivity (Wildman–Crippen MR) is 72.7 cm³/mol. The highest BCUT2D eigenvalue weighted by molar-refractivity contribution is 5.27. The lowest BCUT2D eigenvalue weighted by molar-refractivity contribution is 0.0475. The van der Waals surface area contributed by atoms with E-state index in [1.165, 1.54) is 5.56 Å². The first-order valence-corrected chi connectivity index (χ1v) is 6.87. The number of rotatable bonds is 6. The Bertz CT molecular complexity index is 355. The Morgan fingerprint density at radius 3 is 2.50 bits per heavy atom. The quantitative estimate of drug-likeness (QED) is 0.814. The first-order chi connectivity index (χ1) is 8.72. The van der Waals surface area contributed by atoms with Crippen LogP contribution < -0.4 is 10.1 Å². The van der Waals surface area contributed by atoms with Crippen LogP contribution in [0.4, 0.5) is 0 Å². The molecule has 0 aliphatic heterocycles. The van der Waals surface area contributed by atoms with Crippen LogP contribution in [0.25, 0.3) is 0 Å². The Balaban J connectivity index is 1.76. The van der Waals surface area contributed by atoms with Crippen molar-refractivity contribution in [3.63, 3.8) is 0 Å². The molecule has 0 heterocycles. The third-order valence-corrected chi connectivity index (χ3v) is 3.55. The zero-order valence-electron chi connectivity index (χ0n) is 11.1. The van der Waals surface area contributed by atoms with Gasteiger partial charge in [0.15, 0.2) is 0 Å². The lowest BCUT2D eigenvalue weighted by Crippen LogP contribution is -2.37. The summed E-state index contributed by atoms with van der Waals surface area (Å²) in [5.41, 5.74) is 0.755. The molecule has 0 radical (unpaired) electrons. The minimum atomic E-state index is -0.467. The van der Waals surface area contributed by atoms with Gasteiger partial charge in [-0.05, 0) is 37.5 Å². The molecule has 0 amide bonds. The molecule has 1 aliphatic rings. The van der Waals surface area contributed by atoms with Crippen LogP contribution in [0.3, 0.4) is 0 Å². The van der Waals surface area contributed by atoms with Gasteiger partial charge < -0.3 is 15.2 Å². The number of benzene rings is 1. The molecule has 0 spiro atoms. The van der Waals surface area contributed by atoms with Crippen LogP contribution >= 0.6 is 0 Å². The molecule has 3 nitrogen and oxygen atoms in total. The van der Waals surface area contributed by atoms with Crippen molar-refractivity contribution >= 4 is 0 Å². The monoisotopic (exact) mass is 249 g/mol. The van der Waals surface area contributed by atoms with Crippen molar-refractivity contribution in [3.05, 3.63) is 29.8 Å². The number of aliphatic hydroxyl groups is 1. The molecular weight excluding hydrogens is 226 g/mol. The Kier molecular flexibility index (Phi) is 4.61. The molecule has 0 aromatic heterocycles. The van der Waals surface area contributed by atoms with E-state index in [0.29, 0.717) is 13.2 Å². The van der Waals surface area contributed by atoms with Crippen LogP contribution in [-0.2, 0) is 6.54 Å². The predicted octanol–water partition coefficient (Wildman–Crippen LogP) is 2.48. The van der Waals surface area contributed by atoms with E-state index in [4.69, 9.17) is 4.74 Å². The standard InChI is InChI=1S/C15H23NO2/c1-2-18-14-7-5-13(6-8-14)11-16-12-15(17)9-3-4-10-15/h5-8,16-17H,2-4,9-12H2,1H3. The molecule has 2 N–H and O–H groups in total. The lowest BCUT2D eigenvalue weighted by atomic mass is 10.0. The van der Waals surface area contributed by atoms with Crippen molar-refractivity contribution in [1.82, 2.24) is 5.32 Å². The SMILES string of the molecule is CCOc1ccc(CNCC2(O)CCCC2)cc1. The van der Waals surface area contributed by atoms with Gasteiger partial charge in [0.1, 0.15) is 5.75 Å². The summed E-state index contributed by atoms with van der Waals surface area (Å²) in [6, 6.07) is 8.11. The Hall–Kier alpha value is -1.06. The molecule has 3 heteroatoms. The van der Waals surface area contributed by atoms with Crippen molar-refractivity contribution < 1.29 is 9.84 Å². The third kappa shape index (κ3) is 3.72. The molecule has 1 fully saturated rings. The summed E-state index contributed by atoms with van der Waals surface area (Å²) in [6.45, 7) is 4.18. The number of nitrogens with one attached hydrogen (secondary N) is 1. The van der Waals surface area contributed by atoms with E-state index in [1.54, 1.807) is 0 Å². The molecule has 18 heavy (non-hydrogen) atoms. The minimum absolute atomic E-state index is 0.467. The van der Waals surface area contributed by atoms with Crippen LogP contribution in [0, 0.1) is 0 Å². The normalized spacial score (nSPS) is 17.9. The highest BCUT2D eigenvalue weighted by atomic mass is 16.5. The maximum atomic E-state index is 10.2. The average Bonchev–Trinajstić information content (AvgIpc) is 2.79. The lowest BCUT2D eigenvalue weighted by Gasteiger charge is -2.22. The summed E-state index contributed by atoms with van der Waals surface area (Å²) in [6.07, 6.45) is 4.18. The van der Waals surface area contributed by atoms with Gasteiger partial charge in [0.05, 0.1) is 12.2 Å². The summed E-state index contributed by atoms with van der Waals surface area (Å²) in [4.78, 5) is 0. The van der Waals surface area contributed by atoms with Gasteiger partial charge in [0.25, 0.3) is 0 Å². The molecular formula is C15H23NO2. The fourth-order valence-electron chi connectivity index (χ4n) is 2.52. The first-order valence-electron chi connectivity index (χ1n) is 6.87. The van der Waals surface area contributed by atoms with E-state index in [2.05, 4.69) is 17.4 Å². The average molecular weight is 249 g/mol. The van der Waals surface area contributed by atoms with Crippen molar-refractivity contribution in [2.24, 2.45) is 0 Å². The summed E-state index contributed by atoms with van der Waals surface area (Å²) in [7, 11) is 0. The maximum Gasteiger partial charge on any atom is 0.119 e. The Labute approximate surface area is 109 Å². The zero-order chi connectivity index (χ0) is 12.8. The van der Waals surface area contributed by atoms with E-state index in [9.17, 15) is 5.11 Å². The fraction of sp³-hybridized carbons (Fsp3) is 0.600. The van der Waals surface area contributed by atoms with Crippen LogP contribution in [0.1, 0.15) is 38.2 Å². The van der Waals surface area contributed by atoms with Gasteiger partial charge >= 0.3 is 0 Å². The highest BCUT2D eigenvalue weighted by Crippen LogP contribution is 2.28. The van der Waals surface area contributed by atoms with Gasteiger partial charge in [0.2, 0.25) is 0 Å². The molecule has 1 aromatic carbocycles. The van der Waals surface area contributed by atoms with E-state index in [0.717, 1.165) is 38.0 Å². The molecule has 2 rings (SSSR count). The molecule has 0 atom stereocenters. The number of hydrogen-bond acceptors (Lipinski definition) is 3. The largest absolute Gasteiger partial charge is 0.494 e. The summed E-state index contributed by atoms with van der Waals surface area (Å²) < 4.78 is 5.40. The van der Waals surface area contributed by atoms with E-state index < -0.39 is 5.60 Å². The Morgan fingerprint density at radius 2 is 1.89 bits per heavy atom.